The fraction of sp³-hybridized carbons (Fsp3) is 0.316. The molecule has 5 nitrogen and oxygen atoms in total. The third-order valence-corrected chi connectivity index (χ3v) is 6.48. The molecule has 27 heavy (non-hydrogen) atoms. The maximum absolute atomic E-state index is 13.1. The van der Waals surface area contributed by atoms with Gasteiger partial charge in [-0.2, -0.15) is 4.31 Å². The molecule has 2 aromatic carbocycles. The van der Waals surface area contributed by atoms with E-state index in [1.54, 1.807) is 12.1 Å². The van der Waals surface area contributed by atoms with Gasteiger partial charge in [0.2, 0.25) is 15.9 Å². The quantitative estimate of drug-likeness (QED) is 0.819. The molecule has 0 spiro atoms. The van der Waals surface area contributed by atoms with Gasteiger partial charge in [0.1, 0.15) is 17.7 Å². The van der Waals surface area contributed by atoms with Crippen LogP contribution in [-0.4, -0.2) is 37.8 Å². The molecule has 0 aliphatic carbocycles. The predicted molar refractivity (Wildman–Crippen MR) is 96.4 cm³/mol. The van der Waals surface area contributed by atoms with Gasteiger partial charge in [-0.25, -0.2) is 17.2 Å². The molecule has 0 unspecified atom stereocenters. The lowest BCUT2D eigenvalue weighted by Gasteiger charge is -2.23. The van der Waals surface area contributed by atoms with Gasteiger partial charge in [-0.05, 0) is 61.2 Å². The van der Waals surface area contributed by atoms with Crippen molar-refractivity contribution >= 4 is 15.9 Å². The average molecular weight is 394 g/mol. The minimum Gasteiger partial charge on any atom is -0.354 e. The van der Waals surface area contributed by atoms with E-state index in [-0.39, 0.29) is 23.2 Å². The molecule has 1 atom stereocenters. The molecule has 3 rings (SSSR count). The number of hydrogen-bond donors (Lipinski definition) is 1. The number of amides is 1. The number of carbonyl (C=O) groups is 1. The number of halogens is 2. The standard InChI is InChI=1S/C19H20F2N2O3S/c20-15-5-3-14(4-6-15)11-12-22-19(24)18-2-1-13-23(18)27(25,26)17-9-7-16(21)8-10-17/h3-10,18H,1-2,11-13H2,(H,22,24)/t18-/m0/s1. The molecule has 1 aliphatic rings. The Labute approximate surface area is 157 Å². The van der Waals surface area contributed by atoms with Crippen molar-refractivity contribution in [3.05, 3.63) is 65.7 Å². The number of nitrogens with one attached hydrogen (secondary N) is 1. The summed E-state index contributed by atoms with van der Waals surface area (Å²) in [7, 11) is -3.87. The third-order valence-electron chi connectivity index (χ3n) is 4.55. The van der Waals surface area contributed by atoms with Crippen LogP contribution in [0.2, 0.25) is 0 Å². The van der Waals surface area contributed by atoms with Crippen LogP contribution in [0.1, 0.15) is 18.4 Å². The summed E-state index contributed by atoms with van der Waals surface area (Å²) in [5, 5.41) is 2.75. The first-order valence-corrected chi connectivity index (χ1v) is 10.1. The van der Waals surface area contributed by atoms with Crippen LogP contribution in [0.5, 0.6) is 0 Å². The van der Waals surface area contributed by atoms with Crippen LogP contribution in [0, 0.1) is 11.6 Å². The molecule has 2 aromatic rings. The highest BCUT2D eigenvalue weighted by Gasteiger charge is 2.39. The molecule has 0 bridgehead atoms. The summed E-state index contributed by atoms with van der Waals surface area (Å²) in [6.07, 6.45) is 1.53. The van der Waals surface area contributed by atoms with Gasteiger partial charge in [-0.15, -0.1) is 0 Å². The third kappa shape index (κ3) is 4.51. The van der Waals surface area contributed by atoms with Crippen molar-refractivity contribution in [3.8, 4) is 0 Å². The van der Waals surface area contributed by atoms with E-state index in [0.29, 0.717) is 25.8 Å². The van der Waals surface area contributed by atoms with E-state index < -0.39 is 21.9 Å². The lowest BCUT2D eigenvalue weighted by Crippen LogP contribution is -2.46. The molecule has 0 saturated carbocycles. The van der Waals surface area contributed by atoms with Crippen LogP contribution in [0.15, 0.2) is 53.4 Å². The minimum atomic E-state index is -3.87. The van der Waals surface area contributed by atoms with Crippen molar-refractivity contribution in [3.63, 3.8) is 0 Å². The molecule has 1 amide bonds. The summed E-state index contributed by atoms with van der Waals surface area (Å²) in [5.41, 5.74) is 0.874. The smallest absolute Gasteiger partial charge is 0.243 e. The van der Waals surface area contributed by atoms with E-state index in [2.05, 4.69) is 5.32 Å². The molecular weight excluding hydrogens is 374 g/mol. The molecule has 1 fully saturated rings. The van der Waals surface area contributed by atoms with Crippen molar-refractivity contribution < 1.29 is 22.0 Å². The molecule has 8 heteroatoms. The molecule has 1 saturated heterocycles. The first-order chi connectivity index (χ1) is 12.9. The zero-order valence-electron chi connectivity index (χ0n) is 14.6. The Morgan fingerprint density at radius 1 is 1.04 bits per heavy atom. The SMILES string of the molecule is O=C(NCCc1ccc(F)cc1)[C@@H]1CCCN1S(=O)(=O)c1ccc(F)cc1. The molecule has 0 aromatic heterocycles. The number of hydrogen-bond acceptors (Lipinski definition) is 3. The van der Waals surface area contributed by atoms with Gasteiger partial charge in [-0.3, -0.25) is 4.79 Å². The second-order valence-electron chi connectivity index (χ2n) is 6.40. The van der Waals surface area contributed by atoms with E-state index in [1.165, 1.54) is 28.6 Å². The van der Waals surface area contributed by atoms with Crippen LogP contribution in [-0.2, 0) is 21.2 Å². The largest absolute Gasteiger partial charge is 0.354 e. The lowest BCUT2D eigenvalue weighted by atomic mass is 10.1. The van der Waals surface area contributed by atoms with Gasteiger partial charge in [0.25, 0.3) is 0 Å². The fourth-order valence-electron chi connectivity index (χ4n) is 3.13. The normalized spacial score (nSPS) is 17.8. The summed E-state index contributed by atoms with van der Waals surface area (Å²) >= 11 is 0. The van der Waals surface area contributed by atoms with Crippen molar-refractivity contribution in [1.82, 2.24) is 9.62 Å². The van der Waals surface area contributed by atoms with Crippen molar-refractivity contribution in [1.29, 1.82) is 0 Å². The molecular formula is C19H20F2N2O3S. The first-order valence-electron chi connectivity index (χ1n) is 8.67. The van der Waals surface area contributed by atoms with Crippen LogP contribution in [0.4, 0.5) is 8.78 Å². The van der Waals surface area contributed by atoms with Gasteiger partial charge in [-0.1, -0.05) is 12.1 Å². The molecule has 1 heterocycles. The maximum atomic E-state index is 13.1. The predicted octanol–water partition coefficient (Wildman–Crippen LogP) is 2.48. The van der Waals surface area contributed by atoms with E-state index in [4.69, 9.17) is 0 Å². The summed E-state index contributed by atoms with van der Waals surface area (Å²) in [6, 6.07) is 9.77. The van der Waals surface area contributed by atoms with E-state index in [9.17, 15) is 22.0 Å². The Balaban J connectivity index is 1.63. The van der Waals surface area contributed by atoms with Gasteiger partial charge in [0.15, 0.2) is 0 Å². The molecule has 144 valence electrons. The monoisotopic (exact) mass is 394 g/mol. The molecule has 1 aliphatic heterocycles. The second kappa shape index (κ2) is 8.14. The highest BCUT2D eigenvalue weighted by atomic mass is 32.2. The highest BCUT2D eigenvalue weighted by molar-refractivity contribution is 7.89. The maximum Gasteiger partial charge on any atom is 0.243 e. The van der Waals surface area contributed by atoms with Crippen molar-refractivity contribution in [2.75, 3.05) is 13.1 Å². The Morgan fingerprint density at radius 2 is 1.63 bits per heavy atom. The number of carbonyl (C=O) groups excluding carboxylic acids is 1. The Morgan fingerprint density at radius 3 is 2.26 bits per heavy atom. The lowest BCUT2D eigenvalue weighted by molar-refractivity contribution is -0.124. The highest BCUT2D eigenvalue weighted by Crippen LogP contribution is 2.26. The van der Waals surface area contributed by atoms with Crippen LogP contribution in [0.3, 0.4) is 0 Å². The Hall–Kier alpha value is -2.32. The second-order valence-corrected chi connectivity index (χ2v) is 8.29. The summed E-state index contributed by atoms with van der Waals surface area (Å²) in [5.74, 6) is -1.21. The first kappa shape index (κ1) is 19.4. The van der Waals surface area contributed by atoms with E-state index in [0.717, 1.165) is 17.7 Å². The van der Waals surface area contributed by atoms with E-state index in [1.807, 2.05) is 0 Å². The molecule has 0 radical (unpaired) electrons. The van der Waals surface area contributed by atoms with Crippen LogP contribution < -0.4 is 5.32 Å². The summed E-state index contributed by atoms with van der Waals surface area (Å²) in [6.45, 7) is 0.571. The van der Waals surface area contributed by atoms with Gasteiger partial charge < -0.3 is 5.32 Å². The van der Waals surface area contributed by atoms with Gasteiger partial charge in [0, 0.05) is 13.1 Å². The minimum absolute atomic E-state index is 0.0325. The van der Waals surface area contributed by atoms with Crippen molar-refractivity contribution in [2.24, 2.45) is 0 Å². The van der Waals surface area contributed by atoms with Gasteiger partial charge >= 0.3 is 0 Å². The average Bonchev–Trinajstić information content (AvgIpc) is 3.14. The number of rotatable bonds is 6. The fourth-order valence-corrected chi connectivity index (χ4v) is 4.79. The zero-order valence-corrected chi connectivity index (χ0v) is 15.4. The number of nitrogens with zero attached hydrogens (tertiary/aromatic N) is 1. The van der Waals surface area contributed by atoms with Gasteiger partial charge in [0.05, 0.1) is 4.90 Å². The number of benzene rings is 2. The van der Waals surface area contributed by atoms with Crippen LogP contribution >= 0.6 is 0 Å². The number of sulfonamides is 1. The van der Waals surface area contributed by atoms with E-state index >= 15 is 0 Å². The Kier molecular flexibility index (Phi) is 5.86. The zero-order chi connectivity index (χ0) is 19.4. The van der Waals surface area contributed by atoms with Crippen LogP contribution in [0.25, 0.3) is 0 Å². The summed E-state index contributed by atoms with van der Waals surface area (Å²) in [4.78, 5) is 12.5. The van der Waals surface area contributed by atoms with Crippen molar-refractivity contribution in [2.45, 2.75) is 30.2 Å². The molecule has 1 N–H and O–H groups in total. The topological polar surface area (TPSA) is 66.5 Å². The Bertz CT molecular complexity index is 900. The summed E-state index contributed by atoms with van der Waals surface area (Å²) < 4.78 is 52.7.